The highest BCUT2D eigenvalue weighted by Gasteiger charge is 2.15. The Morgan fingerprint density at radius 3 is 2.69 bits per heavy atom. The number of thiazole rings is 1. The van der Waals surface area contributed by atoms with Crippen molar-refractivity contribution >= 4 is 28.6 Å². The van der Waals surface area contributed by atoms with Crippen LogP contribution < -0.4 is 4.80 Å². The van der Waals surface area contributed by atoms with Crippen LogP contribution in [0.1, 0.15) is 30.4 Å². The summed E-state index contributed by atoms with van der Waals surface area (Å²) in [5, 5.41) is 7.97. The van der Waals surface area contributed by atoms with Crippen LogP contribution in [-0.2, 0) is 11.2 Å². The third kappa shape index (κ3) is 4.69. The van der Waals surface area contributed by atoms with Crippen molar-refractivity contribution in [1.82, 2.24) is 4.68 Å². The van der Waals surface area contributed by atoms with E-state index in [0.717, 1.165) is 46.1 Å². The van der Waals surface area contributed by atoms with E-state index in [2.05, 4.69) is 29.6 Å². The van der Waals surface area contributed by atoms with Gasteiger partial charge in [0.05, 0.1) is 24.6 Å². The van der Waals surface area contributed by atoms with Crippen LogP contribution in [0, 0.1) is 0 Å². The summed E-state index contributed by atoms with van der Waals surface area (Å²) in [6, 6.07) is 16.5. The van der Waals surface area contributed by atoms with Crippen molar-refractivity contribution in [2.45, 2.75) is 25.7 Å². The summed E-state index contributed by atoms with van der Waals surface area (Å²) < 4.78 is 7.16. The highest BCUT2D eigenvalue weighted by atomic mass is 35.5. The van der Waals surface area contributed by atoms with Crippen molar-refractivity contribution < 1.29 is 4.74 Å². The maximum absolute atomic E-state index is 6.09. The minimum absolute atomic E-state index is 0.591. The lowest BCUT2D eigenvalue weighted by molar-refractivity contribution is 0.207. The van der Waals surface area contributed by atoms with Gasteiger partial charge in [-0.15, -0.1) is 11.3 Å². The molecule has 0 amide bonds. The third-order valence-corrected chi connectivity index (χ3v) is 6.13. The number of hydrogen-bond donors (Lipinski definition) is 0. The molecule has 1 aromatic heterocycles. The number of halogens is 1. The minimum atomic E-state index is 0.591. The summed E-state index contributed by atoms with van der Waals surface area (Å²) in [6.07, 6.45) is 4.42. The van der Waals surface area contributed by atoms with Crippen LogP contribution in [0.15, 0.2) is 64.0 Å². The molecule has 1 aliphatic carbocycles. The highest BCUT2D eigenvalue weighted by Crippen LogP contribution is 2.25. The number of benzene rings is 2. The number of aromatic nitrogens is 1. The zero-order valence-electron chi connectivity index (χ0n) is 16.5. The maximum Gasteiger partial charge on any atom is 0.206 e. The van der Waals surface area contributed by atoms with Crippen LogP contribution in [0.4, 0.5) is 0 Å². The molecule has 0 saturated carbocycles. The van der Waals surface area contributed by atoms with Gasteiger partial charge in [-0.2, -0.15) is 5.10 Å². The van der Waals surface area contributed by atoms with Gasteiger partial charge in [0.25, 0.3) is 0 Å². The fourth-order valence-corrected chi connectivity index (χ4v) is 4.53. The second-order valence-corrected chi connectivity index (χ2v) is 8.28. The number of methoxy groups -OCH3 is 1. The Labute approximate surface area is 180 Å². The van der Waals surface area contributed by atoms with Crippen molar-refractivity contribution in [2.75, 3.05) is 20.3 Å². The molecular formula is C23H24ClN3OS. The molecule has 0 bridgehead atoms. The number of rotatable bonds is 5. The van der Waals surface area contributed by atoms with Crippen molar-refractivity contribution in [3.8, 4) is 11.3 Å². The first-order valence-electron chi connectivity index (χ1n) is 9.88. The third-order valence-electron chi connectivity index (χ3n) is 5.03. The Morgan fingerprint density at radius 2 is 1.86 bits per heavy atom. The van der Waals surface area contributed by atoms with E-state index in [4.69, 9.17) is 26.4 Å². The van der Waals surface area contributed by atoms with Crippen LogP contribution >= 0.6 is 22.9 Å². The normalized spacial score (nSPS) is 16.1. The molecule has 0 aliphatic heterocycles. The Bertz CT molecular complexity index is 1070. The lowest BCUT2D eigenvalue weighted by Gasteiger charge is -2.10. The molecule has 2 aromatic carbocycles. The quantitative estimate of drug-likeness (QED) is 0.398. The maximum atomic E-state index is 6.09. The largest absolute Gasteiger partial charge is 0.383 e. The molecule has 4 rings (SSSR count). The molecule has 0 radical (unpaired) electrons. The molecule has 0 N–H and O–H groups in total. The Hall–Kier alpha value is -2.21. The molecule has 1 heterocycles. The molecule has 0 saturated heterocycles. The molecular weight excluding hydrogens is 402 g/mol. The van der Waals surface area contributed by atoms with E-state index in [0.29, 0.717) is 13.2 Å². The van der Waals surface area contributed by atoms with E-state index in [1.54, 1.807) is 18.4 Å². The van der Waals surface area contributed by atoms with Gasteiger partial charge in [-0.1, -0.05) is 48.0 Å². The fraction of sp³-hybridized carbons (Fsp3) is 0.304. The second kappa shape index (κ2) is 9.53. The standard InChI is InChI=1S/C23H24ClN3OS/c1-28-15-14-25-23-27(22(16-29-23)18-10-12-19(24)13-11-18)26-21-9-5-3-7-17-6-2-4-8-20(17)21/h2,4,6,8,10-13,16H,3,5,7,9,14-15H2,1H3/b25-23?,26-21-. The van der Waals surface area contributed by atoms with Crippen molar-refractivity contribution in [1.29, 1.82) is 0 Å². The summed E-state index contributed by atoms with van der Waals surface area (Å²) in [5.41, 5.74) is 5.86. The van der Waals surface area contributed by atoms with Crippen LogP contribution in [0.3, 0.4) is 0 Å². The van der Waals surface area contributed by atoms with E-state index in [1.807, 2.05) is 28.9 Å². The zero-order chi connectivity index (χ0) is 20.1. The molecule has 4 nitrogen and oxygen atoms in total. The average Bonchev–Trinajstić information content (AvgIpc) is 3.01. The number of nitrogens with zero attached hydrogens (tertiary/aromatic N) is 3. The first kappa shape index (κ1) is 20.1. The van der Waals surface area contributed by atoms with Crippen molar-refractivity contribution in [2.24, 2.45) is 10.1 Å². The monoisotopic (exact) mass is 425 g/mol. The van der Waals surface area contributed by atoms with E-state index in [9.17, 15) is 0 Å². The summed E-state index contributed by atoms with van der Waals surface area (Å²) in [4.78, 5) is 5.60. The summed E-state index contributed by atoms with van der Waals surface area (Å²) in [5.74, 6) is 0. The van der Waals surface area contributed by atoms with Crippen LogP contribution in [0.2, 0.25) is 5.02 Å². The number of aryl methyl sites for hydroxylation is 1. The molecule has 0 fully saturated rings. The molecule has 29 heavy (non-hydrogen) atoms. The van der Waals surface area contributed by atoms with Gasteiger partial charge in [-0.05, 0) is 43.4 Å². The first-order chi connectivity index (χ1) is 14.3. The van der Waals surface area contributed by atoms with Gasteiger partial charge in [0.1, 0.15) is 0 Å². The van der Waals surface area contributed by atoms with Crippen LogP contribution in [0.25, 0.3) is 11.3 Å². The Kier molecular flexibility index (Phi) is 6.60. The molecule has 1 aliphatic rings. The summed E-state index contributed by atoms with van der Waals surface area (Å²) in [7, 11) is 1.69. The van der Waals surface area contributed by atoms with Crippen LogP contribution in [-0.4, -0.2) is 30.6 Å². The first-order valence-corrected chi connectivity index (χ1v) is 11.1. The highest BCUT2D eigenvalue weighted by molar-refractivity contribution is 7.07. The SMILES string of the molecule is COCCN=c1scc(-c2ccc(Cl)cc2)n1/N=C1/CCCCc2ccccc21. The van der Waals surface area contributed by atoms with Crippen LogP contribution in [0.5, 0.6) is 0 Å². The lowest BCUT2D eigenvalue weighted by Crippen LogP contribution is -2.16. The molecule has 0 atom stereocenters. The predicted octanol–water partition coefficient (Wildman–Crippen LogP) is 5.40. The summed E-state index contributed by atoms with van der Waals surface area (Å²) >= 11 is 7.70. The van der Waals surface area contributed by atoms with E-state index in [1.165, 1.54) is 17.5 Å². The molecule has 3 aromatic rings. The Morgan fingerprint density at radius 1 is 1.07 bits per heavy atom. The van der Waals surface area contributed by atoms with Crippen molar-refractivity contribution in [3.63, 3.8) is 0 Å². The lowest BCUT2D eigenvalue weighted by atomic mass is 10.0. The van der Waals surface area contributed by atoms with Gasteiger partial charge in [-0.3, -0.25) is 4.99 Å². The van der Waals surface area contributed by atoms with Gasteiger partial charge in [-0.25, -0.2) is 4.68 Å². The van der Waals surface area contributed by atoms with Gasteiger partial charge in [0, 0.05) is 28.6 Å². The zero-order valence-corrected chi connectivity index (χ0v) is 18.0. The van der Waals surface area contributed by atoms with E-state index < -0.39 is 0 Å². The number of ether oxygens (including phenoxy) is 1. The summed E-state index contributed by atoms with van der Waals surface area (Å²) in [6.45, 7) is 1.20. The van der Waals surface area contributed by atoms with Gasteiger partial charge in [0.15, 0.2) is 0 Å². The van der Waals surface area contributed by atoms with Crippen molar-refractivity contribution in [3.05, 3.63) is 74.9 Å². The average molecular weight is 426 g/mol. The van der Waals surface area contributed by atoms with E-state index in [-0.39, 0.29) is 0 Å². The number of hydrogen-bond acceptors (Lipinski definition) is 4. The van der Waals surface area contributed by atoms with Gasteiger partial charge >= 0.3 is 0 Å². The minimum Gasteiger partial charge on any atom is -0.383 e. The Balaban J connectivity index is 1.85. The van der Waals surface area contributed by atoms with Gasteiger partial charge in [0.2, 0.25) is 4.80 Å². The topological polar surface area (TPSA) is 38.9 Å². The molecule has 0 unspecified atom stereocenters. The second-order valence-electron chi connectivity index (χ2n) is 7.01. The van der Waals surface area contributed by atoms with E-state index >= 15 is 0 Å². The van der Waals surface area contributed by atoms with Gasteiger partial charge < -0.3 is 4.74 Å². The fourth-order valence-electron chi connectivity index (χ4n) is 3.54. The number of fused-ring (bicyclic) bond motifs is 1. The molecule has 150 valence electrons. The molecule has 0 spiro atoms. The molecule has 6 heteroatoms. The predicted molar refractivity (Wildman–Crippen MR) is 121 cm³/mol. The smallest absolute Gasteiger partial charge is 0.206 e.